The van der Waals surface area contributed by atoms with Gasteiger partial charge in [0.05, 0.1) is 19.3 Å². The first-order chi connectivity index (χ1) is 8.21. The van der Waals surface area contributed by atoms with Crippen molar-refractivity contribution in [1.29, 1.82) is 0 Å². The van der Waals surface area contributed by atoms with E-state index in [0.717, 1.165) is 12.1 Å². The molecule has 17 heavy (non-hydrogen) atoms. The van der Waals surface area contributed by atoms with Crippen molar-refractivity contribution < 1.29 is 14.3 Å². The van der Waals surface area contributed by atoms with E-state index in [1.807, 2.05) is 12.1 Å². The van der Waals surface area contributed by atoms with E-state index in [1.165, 1.54) is 7.11 Å². The maximum absolute atomic E-state index is 11.4. The van der Waals surface area contributed by atoms with Crippen molar-refractivity contribution in [3.8, 4) is 0 Å². The highest BCUT2D eigenvalue weighted by Crippen LogP contribution is 2.13. The van der Waals surface area contributed by atoms with E-state index >= 15 is 0 Å². The third-order valence-corrected chi connectivity index (χ3v) is 2.52. The first-order valence-corrected chi connectivity index (χ1v) is 5.65. The predicted molar refractivity (Wildman–Crippen MR) is 67.4 cm³/mol. The van der Waals surface area contributed by atoms with Crippen LogP contribution in [0.25, 0.3) is 0 Å². The molecule has 0 aliphatic rings. The van der Waals surface area contributed by atoms with Gasteiger partial charge in [-0.15, -0.1) is 0 Å². The molecule has 0 aliphatic carbocycles. The van der Waals surface area contributed by atoms with Crippen molar-refractivity contribution in [2.24, 2.45) is 0 Å². The van der Waals surface area contributed by atoms with Gasteiger partial charge >= 0.3 is 5.97 Å². The van der Waals surface area contributed by atoms with Gasteiger partial charge in [-0.1, -0.05) is 13.0 Å². The van der Waals surface area contributed by atoms with Gasteiger partial charge in [-0.25, -0.2) is 4.79 Å². The molecule has 0 saturated heterocycles. The molecule has 0 aromatic heterocycles. The number of ether oxygens (including phenoxy) is 2. The molecular weight excluding hydrogens is 218 g/mol. The second kappa shape index (κ2) is 6.91. The quantitative estimate of drug-likeness (QED) is 0.771. The standard InChI is InChI=1S/C13H19NO3/c1-4-11(9-16-2)14-12-7-5-6-10(8-12)13(15)17-3/h5-8,11,14H,4,9H2,1-3H3. The Morgan fingerprint density at radius 3 is 2.76 bits per heavy atom. The fraction of sp³-hybridized carbons (Fsp3) is 0.462. The molecule has 0 aliphatic heterocycles. The van der Waals surface area contributed by atoms with Crippen molar-refractivity contribution in [3.05, 3.63) is 29.8 Å². The molecule has 0 radical (unpaired) electrons. The van der Waals surface area contributed by atoms with Gasteiger partial charge in [0.25, 0.3) is 0 Å². The molecule has 1 rings (SSSR count). The van der Waals surface area contributed by atoms with E-state index in [1.54, 1.807) is 19.2 Å². The molecule has 0 saturated carbocycles. The summed E-state index contributed by atoms with van der Waals surface area (Å²) in [5, 5.41) is 3.32. The summed E-state index contributed by atoms with van der Waals surface area (Å²) in [6, 6.07) is 7.50. The van der Waals surface area contributed by atoms with Gasteiger partial charge in [-0.05, 0) is 24.6 Å². The summed E-state index contributed by atoms with van der Waals surface area (Å²) in [6.07, 6.45) is 0.955. The van der Waals surface area contributed by atoms with Crippen molar-refractivity contribution >= 4 is 11.7 Å². The molecule has 1 aromatic carbocycles. The molecule has 1 aromatic rings. The lowest BCUT2D eigenvalue weighted by molar-refractivity contribution is 0.0601. The van der Waals surface area contributed by atoms with Crippen LogP contribution < -0.4 is 5.32 Å². The average molecular weight is 237 g/mol. The number of nitrogens with one attached hydrogen (secondary N) is 1. The van der Waals surface area contributed by atoms with Crippen LogP contribution in [0.1, 0.15) is 23.7 Å². The summed E-state index contributed by atoms with van der Waals surface area (Å²) < 4.78 is 9.79. The third-order valence-electron chi connectivity index (χ3n) is 2.52. The van der Waals surface area contributed by atoms with Gasteiger partial charge in [0.2, 0.25) is 0 Å². The summed E-state index contributed by atoms with van der Waals surface area (Å²) in [6.45, 7) is 2.72. The highest BCUT2D eigenvalue weighted by molar-refractivity contribution is 5.90. The highest BCUT2D eigenvalue weighted by Gasteiger charge is 2.08. The largest absolute Gasteiger partial charge is 0.465 e. The summed E-state index contributed by atoms with van der Waals surface area (Å²) in [5.41, 5.74) is 1.45. The first-order valence-electron chi connectivity index (χ1n) is 5.65. The van der Waals surface area contributed by atoms with E-state index in [2.05, 4.69) is 17.0 Å². The van der Waals surface area contributed by atoms with Gasteiger partial charge in [-0.2, -0.15) is 0 Å². The molecule has 94 valence electrons. The van der Waals surface area contributed by atoms with E-state index in [4.69, 9.17) is 4.74 Å². The van der Waals surface area contributed by atoms with E-state index < -0.39 is 0 Å². The topological polar surface area (TPSA) is 47.6 Å². The Kier molecular flexibility index (Phi) is 5.49. The van der Waals surface area contributed by atoms with Crippen LogP contribution in [0.5, 0.6) is 0 Å². The minimum Gasteiger partial charge on any atom is -0.465 e. The normalized spacial score (nSPS) is 11.9. The lowest BCUT2D eigenvalue weighted by Gasteiger charge is -2.17. The van der Waals surface area contributed by atoms with Crippen LogP contribution in [0, 0.1) is 0 Å². The Labute approximate surface area is 102 Å². The van der Waals surface area contributed by atoms with E-state index in [0.29, 0.717) is 12.2 Å². The van der Waals surface area contributed by atoms with E-state index in [-0.39, 0.29) is 12.0 Å². The lowest BCUT2D eigenvalue weighted by atomic mass is 10.1. The Bertz CT molecular complexity index is 365. The number of carbonyl (C=O) groups is 1. The SMILES string of the molecule is CCC(COC)Nc1cccc(C(=O)OC)c1. The van der Waals surface area contributed by atoms with Gasteiger partial charge < -0.3 is 14.8 Å². The van der Waals surface area contributed by atoms with Gasteiger partial charge in [-0.3, -0.25) is 0 Å². The number of rotatable bonds is 6. The summed E-state index contributed by atoms with van der Waals surface area (Å²) in [5.74, 6) is -0.326. The van der Waals surface area contributed by atoms with Crippen molar-refractivity contribution in [2.45, 2.75) is 19.4 Å². The highest BCUT2D eigenvalue weighted by atomic mass is 16.5. The molecule has 1 N–H and O–H groups in total. The Morgan fingerprint density at radius 1 is 1.41 bits per heavy atom. The number of esters is 1. The molecule has 0 amide bonds. The van der Waals surface area contributed by atoms with Crippen molar-refractivity contribution in [1.82, 2.24) is 0 Å². The number of hydrogen-bond donors (Lipinski definition) is 1. The zero-order valence-corrected chi connectivity index (χ0v) is 10.5. The molecule has 1 atom stereocenters. The van der Waals surface area contributed by atoms with Gasteiger partial charge in [0, 0.05) is 18.8 Å². The lowest BCUT2D eigenvalue weighted by Crippen LogP contribution is -2.23. The minimum absolute atomic E-state index is 0.243. The average Bonchev–Trinajstić information content (AvgIpc) is 2.37. The van der Waals surface area contributed by atoms with Crippen molar-refractivity contribution in [2.75, 3.05) is 26.1 Å². The van der Waals surface area contributed by atoms with Crippen LogP contribution in [0.2, 0.25) is 0 Å². The fourth-order valence-corrected chi connectivity index (χ4v) is 1.55. The van der Waals surface area contributed by atoms with Gasteiger partial charge in [0.15, 0.2) is 0 Å². The summed E-state index contributed by atoms with van der Waals surface area (Å²) >= 11 is 0. The number of anilines is 1. The molecular formula is C13H19NO3. The molecule has 1 unspecified atom stereocenters. The number of benzene rings is 1. The minimum atomic E-state index is -0.326. The number of carbonyl (C=O) groups excluding carboxylic acids is 1. The predicted octanol–water partition coefficient (Wildman–Crippen LogP) is 2.31. The second-order valence-electron chi connectivity index (χ2n) is 3.78. The van der Waals surface area contributed by atoms with Crippen molar-refractivity contribution in [3.63, 3.8) is 0 Å². The first kappa shape index (κ1) is 13.5. The summed E-state index contributed by atoms with van der Waals surface area (Å²) in [4.78, 5) is 11.4. The molecule has 0 heterocycles. The second-order valence-corrected chi connectivity index (χ2v) is 3.78. The zero-order chi connectivity index (χ0) is 12.7. The molecule has 4 heteroatoms. The number of hydrogen-bond acceptors (Lipinski definition) is 4. The smallest absolute Gasteiger partial charge is 0.337 e. The third kappa shape index (κ3) is 4.07. The molecule has 0 fully saturated rings. The summed E-state index contributed by atoms with van der Waals surface area (Å²) in [7, 11) is 3.05. The fourth-order valence-electron chi connectivity index (χ4n) is 1.55. The van der Waals surface area contributed by atoms with Crippen LogP contribution in [-0.4, -0.2) is 32.8 Å². The van der Waals surface area contributed by atoms with Crippen LogP contribution in [0.3, 0.4) is 0 Å². The zero-order valence-electron chi connectivity index (χ0n) is 10.5. The van der Waals surface area contributed by atoms with Gasteiger partial charge in [0.1, 0.15) is 0 Å². The molecule has 0 spiro atoms. The molecule has 4 nitrogen and oxygen atoms in total. The van der Waals surface area contributed by atoms with Crippen LogP contribution in [0.4, 0.5) is 5.69 Å². The Morgan fingerprint density at radius 2 is 2.18 bits per heavy atom. The maximum Gasteiger partial charge on any atom is 0.337 e. The molecule has 0 bridgehead atoms. The van der Waals surface area contributed by atoms with E-state index in [9.17, 15) is 4.79 Å². The Hall–Kier alpha value is -1.55. The van der Waals surface area contributed by atoms with Crippen LogP contribution in [-0.2, 0) is 9.47 Å². The monoisotopic (exact) mass is 237 g/mol. The Balaban J connectivity index is 2.74. The van der Waals surface area contributed by atoms with Crippen LogP contribution >= 0.6 is 0 Å². The number of methoxy groups -OCH3 is 2. The maximum atomic E-state index is 11.4. The van der Waals surface area contributed by atoms with Crippen LogP contribution in [0.15, 0.2) is 24.3 Å².